The minimum Gasteiger partial charge on any atom is -0.444 e. The molecule has 0 heterocycles. The first kappa shape index (κ1) is 16.1. The van der Waals surface area contributed by atoms with Crippen molar-refractivity contribution >= 4 is 6.09 Å². The molecule has 1 aliphatic carbocycles. The van der Waals surface area contributed by atoms with Gasteiger partial charge >= 0.3 is 6.09 Å². The molecule has 1 fully saturated rings. The van der Waals surface area contributed by atoms with Crippen molar-refractivity contribution in [1.82, 2.24) is 5.32 Å². The van der Waals surface area contributed by atoms with Crippen molar-refractivity contribution in [1.29, 1.82) is 0 Å². The number of nitrogens with one attached hydrogen (secondary N) is 1. The van der Waals surface area contributed by atoms with Crippen LogP contribution in [0.3, 0.4) is 0 Å². The van der Waals surface area contributed by atoms with Crippen LogP contribution in [0.4, 0.5) is 13.6 Å². The number of alkyl carbamates (subject to hydrolysis) is 1. The highest BCUT2D eigenvalue weighted by Gasteiger charge is 2.36. The van der Waals surface area contributed by atoms with Crippen LogP contribution in [-0.4, -0.2) is 30.2 Å². The predicted octanol–water partition coefficient (Wildman–Crippen LogP) is 2.66. The number of rotatable bonds is 3. The van der Waals surface area contributed by atoms with E-state index < -0.39 is 17.6 Å². The van der Waals surface area contributed by atoms with Crippen LogP contribution in [0, 0.1) is 5.92 Å². The number of amides is 1. The molecule has 0 aromatic rings. The monoisotopic (exact) mass is 278 g/mol. The molecule has 0 bridgehead atoms. The molecule has 0 aliphatic heterocycles. The molecule has 0 radical (unpaired) electrons. The number of nitrogens with two attached hydrogens (primary N) is 1. The zero-order chi connectivity index (χ0) is 14.7. The van der Waals surface area contributed by atoms with Gasteiger partial charge in [0.2, 0.25) is 5.92 Å². The molecular formula is C13H24F2N2O2. The van der Waals surface area contributed by atoms with E-state index in [1.165, 1.54) is 0 Å². The van der Waals surface area contributed by atoms with Gasteiger partial charge in [0, 0.05) is 25.4 Å². The van der Waals surface area contributed by atoms with Crippen molar-refractivity contribution < 1.29 is 18.3 Å². The standard InChI is InChI=1S/C13H24F2N2O2/c1-12(2,3)19-11(18)17-8-10(16)9-4-6-13(14,15)7-5-9/h9-10H,4-8,16H2,1-3H3,(H,17,18). The van der Waals surface area contributed by atoms with Gasteiger partial charge < -0.3 is 15.8 Å². The lowest BCUT2D eigenvalue weighted by Gasteiger charge is -2.32. The number of halogens is 2. The van der Waals surface area contributed by atoms with Gasteiger partial charge in [0.1, 0.15) is 5.60 Å². The maximum atomic E-state index is 13.0. The first-order chi connectivity index (χ1) is 8.59. The van der Waals surface area contributed by atoms with Gasteiger partial charge in [-0.05, 0) is 39.5 Å². The van der Waals surface area contributed by atoms with Crippen LogP contribution in [0.25, 0.3) is 0 Å². The summed E-state index contributed by atoms with van der Waals surface area (Å²) in [6.07, 6.45) is 0.0632. The van der Waals surface area contributed by atoms with Crippen molar-refractivity contribution in [2.24, 2.45) is 11.7 Å². The van der Waals surface area contributed by atoms with Gasteiger partial charge in [-0.3, -0.25) is 0 Å². The number of carbonyl (C=O) groups excluding carboxylic acids is 1. The van der Waals surface area contributed by atoms with Crippen molar-refractivity contribution in [3.05, 3.63) is 0 Å². The first-order valence-electron chi connectivity index (χ1n) is 6.69. The molecule has 112 valence electrons. The molecule has 1 aliphatic rings. The third-order valence-corrected chi connectivity index (χ3v) is 3.25. The van der Waals surface area contributed by atoms with E-state index in [4.69, 9.17) is 10.5 Å². The van der Waals surface area contributed by atoms with Gasteiger partial charge in [-0.25, -0.2) is 13.6 Å². The maximum Gasteiger partial charge on any atom is 0.407 e. The molecule has 1 rings (SSSR count). The van der Waals surface area contributed by atoms with E-state index in [0.29, 0.717) is 12.8 Å². The maximum absolute atomic E-state index is 13.0. The Hall–Kier alpha value is -0.910. The van der Waals surface area contributed by atoms with Gasteiger partial charge in [0.15, 0.2) is 0 Å². The summed E-state index contributed by atoms with van der Waals surface area (Å²) in [4.78, 5) is 11.4. The van der Waals surface area contributed by atoms with Crippen LogP contribution in [0.5, 0.6) is 0 Å². The fourth-order valence-corrected chi connectivity index (χ4v) is 2.17. The quantitative estimate of drug-likeness (QED) is 0.834. The number of alkyl halides is 2. The van der Waals surface area contributed by atoms with Crippen LogP contribution >= 0.6 is 0 Å². The number of carbonyl (C=O) groups is 1. The number of ether oxygens (including phenoxy) is 1. The smallest absolute Gasteiger partial charge is 0.407 e. The van der Waals surface area contributed by atoms with E-state index in [1.54, 1.807) is 20.8 Å². The molecule has 1 atom stereocenters. The molecule has 19 heavy (non-hydrogen) atoms. The summed E-state index contributed by atoms with van der Waals surface area (Å²) in [7, 11) is 0. The van der Waals surface area contributed by atoms with Crippen molar-refractivity contribution in [3.63, 3.8) is 0 Å². The summed E-state index contributed by atoms with van der Waals surface area (Å²) in [5.74, 6) is -2.51. The van der Waals surface area contributed by atoms with E-state index >= 15 is 0 Å². The molecule has 0 aromatic heterocycles. The number of hydrogen-bond acceptors (Lipinski definition) is 3. The number of hydrogen-bond donors (Lipinski definition) is 2. The molecule has 1 saturated carbocycles. The van der Waals surface area contributed by atoms with Crippen molar-refractivity contribution in [3.8, 4) is 0 Å². The van der Waals surface area contributed by atoms with Gasteiger partial charge in [0.25, 0.3) is 0 Å². The second-order valence-electron chi connectivity index (χ2n) is 6.24. The summed E-state index contributed by atoms with van der Waals surface area (Å²) in [5.41, 5.74) is 5.38. The van der Waals surface area contributed by atoms with Crippen molar-refractivity contribution in [2.45, 2.75) is 64.0 Å². The zero-order valence-corrected chi connectivity index (χ0v) is 11.8. The van der Waals surface area contributed by atoms with E-state index in [0.717, 1.165) is 0 Å². The Morgan fingerprint density at radius 3 is 2.42 bits per heavy atom. The lowest BCUT2D eigenvalue weighted by molar-refractivity contribution is -0.0482. The fourth-order valence-electron chi connectivity index (χ4n) is 2.17. The second kappa shape index (κ2) is 6.03. The Morgan fingerprint density at radius 1 is 1.42 bits per heavy atom. The molecular weight excluding hydrogens is 254 g/mol. The minimum atomic E-state index is -2.55. The summed E-state index contributed by atoms with van der Waals surface area (Å²) >= 11 is 0. The molecule has 4 nitrogen and oxygen atoms in total. The van der Waals surface area contributed by atoms with Crippen LogP contribution in [0.15, 0.2) is 0 Å². The van der Waals surface area contributed by atoms with Gasteiger partial charge in [0.05, 0.1) is 0 Å². The van der Waals surface area contributed by atoms with Crippen LogP contribution in [-0.2, 0) is 4.74 Å². The van der Waals surface area contributed by atoms with Gasteiger partial charge in [-0.2, -0.15) is 0 Å². The normalized spacial score (nSPS) is 21.8. The highest BCUT2D eigenvalue weighted by Crippen LogP contribution is 2.36. The summed E-state index contributed by atoms with van der Waals surface area (Å²) in [5, 5.41) is 2.58. The Balaban J connectivity index is 2.28. The largest absolute Gasteiger partial charge is 0.444 e. The highest BCUT2D eigenvalue weighted by molar-refractivity contribution is 5.67. The molecule has 0 saturated heterocycles. The van der Waals surface area contributed by atoms with E-state index in [2.05, 4.69) is 5.32 Å². The molecule has 0 aromatic carbocycles. The van der Waals surface area contributed by atoms with E-state index in [9.17, 15) is 13.6 Å². The van der Waals surface area contributed by atoms with Crippen LogP contribution < -0.4 is 11.1 Å². The Morgan fingerprint density at radius 2 is 1.95 bits per heavy atom. The van der Waals surface area contributed by atoms with Gasteiger partial charge in [-0.15, -0.1) is 0 Å². The second-order valence-corrected chi connectivity index (χ2v) is 6.24. The zero-order valence-electron chi connectivity index (χ0n) is 11.8. The van der Waals surface area contributed by atoms with Gasteiger partial charge in [-0.1, -0.05) is 0 Å². The molecule has 0 spiro atoms. The average Bonchev–Trinajstić information content (AvgIpc) is 2.23. The third-order valence-electron chi connectivity index (χ3n) is 3.25. The summed E-state index contributed by atoms with van der Waals surface area (Å²) in [6.45, 7) is 5.58. The topological polar surface area (TPSA) is 64.3 Å². The Bertz CT molecular complexity index is 306. The van der Waals surface area contributed by atoms with Crippen LogP contribution in [0.2, 0.25) is 0 Å². The first-order valence-corrected chi connectivity index (χ1v) is 6.69. The molecule has 1 amide bonds. The highest BCUT2D eigenvalue weighted by atomic mass is 19.3. The lowest BCUT2D eigenvalue weighted by atomic mass is 9.82. The Kier molecular flexibility index (Phi) is 5.12. The lowest BCUT2D eigenvalue weighted by Crippen LogP contribution is -2.45. The van der Waals surface area contributed by atoms with E-state index in [1.807, 2.05) is 0 Å². The molecule has 3 N–H and O–H groups in total. The van der Waals surface area contributed by atoms with Crippen LogP contribution in [0.1, 0.15) is 46.5 Å². The average molecular weight is 278 g/mol. The molecule has 1 unspecified atom stereocenters. The van der Waals surface area contributed by atoms with E-state index in [-0.39, 0.29) is 31.3 Å². The molecule has 6 heteroatoms. The SMILES string of the molecule is CC(C)(C)OC(=O)NCC(N)C1CCC(F)(F)CC1. The summed E-state index contributed by atoms with van der Waals surface area (Å²) in [6, 6.07) is -0.302. The predicted molar refractivity (Wildman–Crippen MR) is 69.1 cm³/mol. The third kappa shape index (κ3) is 6.18. The fraction of sp³-hybridized carbons (Fsp3) is 0.923. The summed E-state index contributed by atoms with van der Waals surface area (Å²) < 4.78 is 31.1. The van der Waals surface area contributed by atoms with Crippen molar-refractivity contribution in [2.75, 3.05) is 6.54 Å². The minimum absolute atomic E-state index is 0.0366. The Labute approximate surface area is 113 Å².